The van der Waals surface area contributed by atoms with E-state index in [0.29, 0.717) is 59.1 Å². The molecule has 0 fully saturated rings. The van der Waals surface area contributed by atoms with E-state index in [4.69, 9.17) is 18.9 Å². The van der Waals surface area contributed by atoms with E-state index in [1.165, 1.54) is 7.11 Å². The molecule has 0 heterocycles. The topological polar surface area (TPSA) is 63.2 Å². The lowest BCUT2D eigenvalue weighted by atomic mass is 10.3. The Morgan fingerprint density at radius 3 is 1.78 bits per heavy atom. The molecule has 6 heteroatoms. The lowest BCUT2D eigenvalue weighted by Crippen LogP contribution is -2.12. The standard InChI is InChI=1S/C12H24O6/c1-14-6-7-17-10-11-18-9-8-16-5-3-4-12(13)15-2/h3-11H2,1-2H3. The number of carbonyl (C=O) groups excluding carboxylic acids is 1. The lowest BCUT2D eigenvalue weighted by Gasteiger charge is -2.06. The van der Waals surface area contributed by atoms with Crippen molar-refractivity contribution in [2.24, 2.45) is 0 Å². The molecule has 0 aliphatic heterocycles. The zero-order chi connectivity index (χ0) is 13.5. The van der Waals surface area contributed by atoms with Gasteiger partial charge in [0.25, 0.3) is 0 Å². The Labute approximate surface area is 108 Å². The number of esters is 1. The summed E-state index contributed by atoms with van der Waals surface area (Å²) in [6.45, 7) is 3.90. The van der Waals surface area contributed by atoms with E-state index in [2.05, 4.69) is 4.74 Å². The van der Waals surface area contributed by atoms with Gasteiger partial charge >= 0.3 is 5.97 Å². The molecule has 0 aromatic heterocycles. The predicted molar refractivity (Wildman–Crippen MR) is 65.6 cm³/mol. The van der Waals surface area contributed by atoms with Crippen molar-refractivity contribution in [2.45, 2.75) is 12.8 Å². The molecule has 0 rings (SSSR count). The Morgan fingerprint density at radius 1 is 0.778 bits per heavy atom. The molecule has 0 saturated carbocycles. The second kappa shape index (κ2) is 14.4. The van der Waals surface area contributed by atoms with Crippen LogP contribution in [0.5, 0.6) is 0 Å². The van der Waals surface area contributed by atoms with Gasteiger partial charge in [-0.1, -0.05) is 0 Å². The Kier molecular flexibility index (Phi) is 13.8. The van der Waals surface area contributed by atoms with Crippen molar-refractivity contribution in [3.8, 4) is 0 Å². The summed E-state index contributed by atoms with van der Waals surface area (Å²) in [4.78, 5) is 10.8. The van der Waals surface area contributed by atoms with E-state index in [1.54, 1.807) is 7.11 Å². The van der Waals surface area contributed by atoms with Crippen molar-refractivity contribution in [3.05, 3.63) is 0 Å². The number of hydrogen-bond donors (Lipinski definition) is 0. The molecule has 0 bridgehead atoms. The second-order valence-electron chi connectivity index (χ2n) is 3.51. The quantitative estimate of drug-likeness (QED) is 0.359. The van der Waals surface area contributed by atoms with Gasteiger partial charge in [-0.05, 0) is 6.42 Å². The first kappa shape index (κ1) is 17.3. The molecule has 0 aromatic rings. The van der Waals surface area contributed by atoms with Gasteiger partial charge in [0.2, 0.25) is 0 Å². The van der Waals surface area contributed by atoms with Crippen molar-refractivity contribution < 1.29 is 28.5 Å². The minimum Gasteiger partial charge on any atom is -0.469 e. The van der Waals surface area contributed by atoms with E-state index in [9.17, 15) is 4.79 Å². The van der Waals surface area contributed by atoms with Gasteiger partial charge in [0, 0.05) is 20.1 Å². The Bertz CT molecular complexity index is 185. The molecule has 108 valence electrons. The van der Waals surface area contributed by atoms with Crippen LogP contribution in [-0.4, -0.2) is 66.4 Å². The Hall–Kier alpha value is -0.690. The minimum atomic E-state index is -0.206. The molecule has 0 unspecified atom stereocenters. The smallest absolute Gasteiger partial charge is 0.305 e. The first-order valence-electron chi connectivity index (χ1n) is 6.10. The largest absolute Gasteiger partial charge is 0.469 e. The zero-order valence-corrected chi connectivity index (χ0v) is 11.3. The molecule has 0 aromatic carbocycles. The lowest BCUT2D eigenvalue weighted by molar-refractivity contribution is -0.141. The maximum Gasteiger partial charge on any atom is 0.305 e. The van der Waals surface area contributed by atoms with Crippen LogP contribution in [0.25, 0.3) is 0 Å². The Balaban J connectivity index is 2.97. The fourth-order valence-electron chi connectivity index (χ4n) is 1.10. The van der Waals surface area contributed by atoms with Crippen molar-refractivity contribution in [1.29, 1.82) is 0 Å². The highest BCUT2D eigenvalue weighted by Crippen LogP contribution is 1.92. The molecule has 0 spiro atoms. The van der Waals surface area contributed by atoms with Crippen molar-refractivity contribution >= 4 is 5.97 Å². The van der Waals surface area contributed by atoms with Crippen molar-refractivity contribution in [3.63, 3.8) is 0 Å². The monoisotopic (exact) mass is 264 g/mol. The maximum absolute atomic E-state index is 10.8. The van der Waals surface area contributed by atoms with E-state index < -0.39 is 0 Å². The van der Waals surface area contributed by atoms with Crippen LogP contribution in [0.3, 0.4) is 0 Å². The van der Waals surface area contributed by atoms with Gasteiger partial charge in [-0.3, -0.25) is 4.79 Å². The molecular weight excluding hydrogens is 240 g/mol. The highest BCUT2D eigenvalue weighted by molar-refractivity contribution is 5.68. The van der Waals surface area contributed by atoms with E-state index in [-0.39, 0.29) is 5.97 Å². The third-order valence-electron chi connectivity index (χ3n) is 2.07. The maximum atomic E-state index is 10.8. The fourth-order valence-corrected chi connectivity index (χ4v) is 1.10. The number of hydrogen-bond acceptors (Lipinski definition) is 6. The third kappa shape index (κ3) is 13.4. The normalized spacial score (nSPS) is 10.6. The van der Waals surface area contributed by atoms with Crippen LogP contribution in [0.4, 0.5) is 0 Å². The van der Waals surface area contributed by atoms with Crippen LogP contribution in [0, 0.1) is 0 Å². The van der Waals surface area contributed by atoms with Gasteiger partial charge in [0.15, 0.2) is 0 Å². The van der Waals surface area contributed by atoms with Gasteiger partial charge in [-0.25, -0.2) is 0 Å². The highest BCUT2D eigenvalue weighted by Gasteiger charge is 1.98. The van der Waals surface area contributed by atoms with Gasteiger partial charge in [0.1, 0.15) is 0 Å². The van der Waals surface area contributed by atoms with Gasteiger partial charge in [0.05, 0.1) is 46.8 Å². The van der Waals surface area contributed by atoms with Crippen molar-refractivity contribution in [2.75, 3.05) is 60.5 Å². The fraction of sp³-hybridized carbons (Fsp3) is 0.917. The average Bonchev–Trinajstić information content (AvgIpc) is 2.39. The van der Waals surface area contributed by atoms with Crippen molar-refractivity contribution in [1.82, 2.24) is 0 Å². The van der Waals surface area contributed by atoms with E-state index >= 15 is 0 Å². The summed E-state index contributed by atoms with van der Waals surface area (Å²) in [5.41, 5.74) is 0. The van der Waals surface area contributed by atoms with Crippen LogP contribution in [0.15, 0.2) is 0 Å². The molecule has 18 heavy (non-hydrogen) atoms. The van der Waals surface area contributed by atoms with Crippen LogP contribution >= 0.6 is 0 Å². The van der Waals surface area contributed by atoms with Crippen LogP contribution in [0.1, 0.15) is 12.8 Å². The molecule has 0 saturated heterocycles. The molecule has 0 amide bonds. The van der Waals surface area contributed by atoms with E-state index in [1.807, 2.05) is 0 Å². The highest BCUT2D eigenvalue weighted by atomic mass is 16.6. The number of ether oxygens (including phenoxy) is 5. The molecule has 0 aliphatic rings. The first-order valence-corrected chi connectivity index (χ1v) is 6.10. The second-order valence-corrected chi connectivity index (χ2v) is 3.51. The molecule has 0 atom stereocenters. The summed E-state index contributed by atoms with van der Waals surface area (Å²) in [6, 6.07) is 0. The summed E-state index contributed by atoms with van der Waals surface area (Å²) in [6.07, 6.45) is 1.07. The number of methoxy groups -OCH3 is 2. The summed E-state index contributed by atoms with van der Waals surface area (Å²) >= 11 is 0. The van der Waals surface area contributed by atoms with Gasteiger partial charge in [-0.2, -0.15) is 0 Å². The van der Waals surface area contributed by atoms with Crippen LogP contribution in [0.2, 0.25) is 0 Å². The molecule has 0 N–H and O–H groups in total. The SMILES string of the molecule is COCCOCCOCCOCCCC(=O)OC. The minimum absolute atomic E-state index is 0.206. The zero-order valence-electron chi connectivity index (χ0n) is 11.3. The summed E-state index contributed by atoms with van der Waals surface area (Å²) in [5, 5.41) is 0. The Morgan fingerprint density at radius 2 is 1.28 bits per heavy atom. The predicted octanol–water partition coefficient (Wildman–Crippen LogP) is 0.636. The number of rotatable bonds is 13. The summed E-state index contributed by atoms with van der Waals surface area (Å²) < 4.78 is 25.1. The van der Waals surface area contributed by atoms with Crippen LogP contribution < -0.4 is 0 Å². The number of carbonyl (C=O) groups is 1. The molecule has 0 radical (unpaired) electrons. The molecule has 0 aliphatic carbocycles. The third-order valence-corrected chi connectivity index (χ3v) is 2.07. The average molecular weight is 264 g/mol. The van der Waals surface area contributed by atoms with E-state index in [0.717, 1.165) is 0 Å². The summed E-state index contributed by atoms with van der Waals surface area (Å²) in [7, 11) is 3.02. The molecule has 6 nitrogen and oxygen atoms in total. The summed E-state index contributed by atoms with van der Waals surface area (Å²) in [5.74, 6) is -0.206. The van der Waals surface area contributed by atoms with Gasteiger partial charge < -0.3 is 23.7 Å². The first-order chi connectivity index (χ1) is 8.81. The molecular formula is C12H24O6. The van der Waals surface area contributed by atoms with Gasteiger partial charge in [-0.15, -0.1) is 0 Å². The van der Waals surface area contributed by atoms with Crippen LogP contribution in [-0.2, 0) is 28.5 Å².